The highest BCUT2D eigenvalue weighted by Crippen LogP contribution is 2.32. The summed E-state index contributed by atoms with van der Waals surface area (Å²) in [5, 5.41) is 9.25. The highest BCUT2D eigenvalue weighted by atomic mass is 32.2. The zero-order chi connectivity index (χ0) is 14.5. The molecule has 0 aliphatic carbocycles. The molecule has 3 heterocycles. The maximum absolute atomic E-state index is 11.6. The maximum Gasteiger partial charge on any atom is 0.356 e. The molecular weight excluding hydrogens is 282 g/mol. The fourth-order valence-electron chi connectivity index (χ4n) is 3.09. The number of carboxylic acids is 1. The molecule has 0 saturated carbocycles. The first kappa shape index (κ1) is 13.6. The lowest BCUT2D eigenvalue weighted by molar-refractivity contribution is 0.0689. The third-order valence-corrected chi connectivity index (χ3v) is 5.85. The molecule has 1 saturated heterocycles. The van der Waals surface area contributed by atoms with Crippen LogP contribution >= 0.6 is 0 Å². The highest BCUT2D eigenvalue weighted by Gasteiger charge is 2.35. The van der Waals surface area contributed by atoms with Crippen molar-refractivity contribution in [3.05, 3.63) is 17.2 Å². The number of hydrogen-bond acceptors (Lipinski definition) is 5. The number of aromatic nitrogens is 2. The quantitative estimate of drug-likeness (QED) is 0.778. The summed E-state index contributed by atoms with van der Waals surface area (Å²) in [5.41, 5.74) is 6.56. The van der Waals surface area contributed by atoms with Crippen LogP contribution in [0.1, 0.15) is 40.8 Å². The second kappa shape index (κ2) is 4.56. The van der Waals surface area contributed by atoms with Crippen molar-refractivity contribution in [2.75, 3.05) is 11.5 Å². The molecule has 0 aromatic carbocycles. The molecule has 20 heavy (non-hydrogen) atoms. The molecule has 2 unspecified atom stereocenters. The predicted octanol–water partition coefficient (Wildman–Crippen LogP) is -0.243. The molecule has 0 bridgehead atoms. The number of sulfone groups is 1. The Bertz CT molecular complexity index is 664. The fourth-order valence-corrected chi connectivity index (χ4v) is 4.83. The molecule has 2 atom stereocenters. The predicted molar refractivity (Wildman–Crippen MR) is 71.5 cm³/mol. The van der Waals surface area contributed by atoms with E-state index in [-0.39, 0.29) is 29.2 Å². The van der Waals surface area contributed by atoms with Crippen molar-refractivity contribution in [3.8, 4) is 0 Å². The number of fused-ring (bicyclic) bond motifs is 1. The second-order valence-electron chi connectivity index (χ2n) is 5.57. The van der Waals surface area contributed by atoms with Crippen LogP contribution in [0.5, 0.6) is 0 Å². The van der Waals surface area contributed by atoms with Gasteiger partial charge in [-0.1, -0.05) is 0 Å². The second-order valence-corrected chi connectivity index (χ2v) is 7.80. The summed E-state index contributed by atoms with van der Waals surface area (Å²) >= 11 is 0. The summed E-state index contributed by atoms with van der Waals surface area (Å²) in [6, 6.07) is -0.0579. The summed E-state index contributed by atoms with van der Waals surface area (Å²) in [6.45, 7) is 0.614. The molecule has 1 fully saturated rings. The Morgan fingerprint density at radius 3 is 2.75 bits per heavy atom. The Kier molecular flexibility index (Phi) is 3.09. The van der Waals surface area contributed by atoms with Gasteiger partial charge in [0.1, 0.15) is 5.82 Å². The molecule has 3 N–H and O–H groups in total. The maximum atomic E-state index is 11.6. The Hall–Kier alpha value is -1.41. The normalized spacial score (nSPS) is 28.2. The number of nitrogens with zero attached hydrogens (tertiary/aromatic N) is 2. The van der Waals surface area contributed by atoms with Crippen molar-refractivity contribution in [2.45, 2.75) is 37.8 Å². The molecule has 1 aromatic rings. The molecule has 0 spiro atoms. The van der Waals surface area contributed by atoms with Gasteiger partial charge >= 0.3 is 5.97 Å². The minimum Gasteiger partial charge on any atom is -0.476 e. The summed E-state index contributed by atoms with van der Waals surface area (Å²) in [6.07, 6.45) is 1.76. The van der Waals surface area contributed by atoms with Gasteiger partial charge in [-0.2, -0.15) is 0 Å². The van der Waals surface area contributed by atoms with Gasteiger partial charge in [0.15, 0.2) is 15.5 Å². The Balaban J connectivity index is 2.04. The van der Waals surface area contributed by atoms with Gasteiger partial charge in [0, 0.05) is 24.9 Å². The zero-order valence-corrected chi connectivity index (χ0v) is 11.8. The van der Waals surface area contributed by atoms with E-state index < -0.39 is 15.8 Å². The van der Waals surface area contributed by atoms with Crippen molar-refractivity contribution in [2.24, 2.45) is 5.73 Å². The van der Waals surface area contributed by atoms with Crippen LogP contribution in [0.4, 0.5) is 0 Å². The summed E-state index contributed by atoms with van der Waals surface area (Å²) in [7, 11) is -3.02. The van der Waals surface area contributed by atoms with Crippen LogP contribution in [0.15, 0.2) is 0 Å². The van der Waals surface area contributed by atoms with Crippen LogP contribution in [0, 0.1) is 0 Å². The van der Waals surface area contributed by atoms with Gasteiger partial charge < -0.3 is 15.4 Å². The highest BCUT2D eigenvalue weighted by molar-refractivity contribution is 7.91. The van der Waals surface area contributed by atoms with Crippen molar-refractivity contribution in [1.82, 2.24) is 9.55 Å². The van der Waals surface area contributed by atoms with E-state index in [0.717, 1.165) is 6.42 Å². The van der Waals surface area contributed by atoms with Crippen LogP contribution in [0.2, 0.25) is 0 Å². The Morgan fingerprint density at radius 1 is 1.40 bits per heavy atom. The monoisotopic (exact) mass is 299 g/mol. The van der Waals surface area contributed by atoms with E-state index >= 15 is 0 Å². The molecule has 0 radical (unpaired) electrons. The third-order valence-electron chi connectivity index (χ3n) is 4.08. The average Bonchev–Trinajstić information content (AvgIpc) is 2.89. The first-order valence-electron chi connectivity index (χ1n) is 6.66. The van der Waals surface area contributed by atoms with Crippen molar-refractivity contribution in [1.29, 1.82) is 0 Å². The number of hydrogen-bond donors (Lipinski definition) is 2. The van der Waals surface area contributed by atoms with Crippen molar-refractivity contribution < 1.29 is 18.3 Å². The fraction of sp³-hybridized carbons (Fsp3) is 0.667. The van der Waals surface area contributed by atoms with Gasteiger partial charge in [0.25, 0.3) is 0 Å². The van der Waals surface area contributed by atoms with E-state index in [1.165, 1.54) is 0 Å². The van der Waals surface area contributed by atoms with Gasteiger partial charge in [-0.15, -0.1) is 0 Å². The van der Waals surface area contributed by atoms with Crippen LogP contribution in [-0.2, 0) is 22.8 Å². The van der Waals surface area contributed by atoms with E-state index in [1.54, 1.807) is 0 Å². The largest absolute Gasteiger partial charge is 0.476 e. The Labute approximate surface area is 116 Å². The molecule has 2 aliphatic heterocycles. The molecule has 2 aliphatic rings. The third kappa shape index (κ3) is 2.22. The molecule has 0 amide bonds. The van der Waals surface area contributed by atoms with E-state index in [4.69, 9.17) is 5.73 Å². The van der Waals surface area contributed by atoms with Crippen LogP contribution in [-0.4, -0.2) is 46.6 Å². The van der Waals surface area contributed by atoms with Gasteiger partial charge in [-0.05, 0) is 12.8 Å². The van der Waals surface area contributed by atoms with Gasteiger partial charge in [-0.25, -0.2) is 18.2 Å². The number of aromatic carboxylic acids is 1. The lowest BCUT2D eigenvalue weighted by atomic mass is 10.0. The number of carbonyl (C=O) groups is 1. The lowest BCUT2D eigenvalue weighted by Crippen LogP contribution is -2.32. The van der Waals surface area contributed by atoms with Crippen LogP contribution < -0.4 is 5.73 Å². The molecule has 1 aromatic heterocycles. The summed E-state index contributed by atoms with van der Waals surface area (Å²) in [4.78, 5) is 15.5. The van der Waals surface area contributed by atoms with Gasteiger partial charge in [-0.3, -0.25) is 0 Å². The van der Waals surface area contributed by atoms with Crippen LogP contribution in [0.3, 0.4) is 0 Å². The molecule has 110 valence electrons. The van der Waals surface area contributed by atoms with Crippen molar-refractivity contribution >= 4 is 15.8 Å². The lowest BCUT2D eigenvalue weighted by Gasteiger charge is -2.23. The average molecular weight is 299 g/mol. The van der Waals surface area contributed by atoms with Gasteiger partial charge in [0.2, 0.25) is 0 Å². The Morgan fingerprint density at radius 2 is 2.15 bits per heavy atom. The topological polar surface area (TPSA) is 115 Å². The van der Waals surface area contributed by atoms with E-state index in [2.05, 4.69) is 4.98 Å². The van der Waals surface area contributed by atoms with E-state index in [0.29, 0.717) is 30.9 Å². The number of rotatable bonds is 2. The SMILES string of the molecule is NC1CCn2c(C3CCS(=O)(=O)C3)nc(C(=O)O)c2C1. The smallest absolute Gasteiger partial charge is 0.356 e. The molecule has 3 rings (SSSR count). The first-order chi connectivity index (χ1) is 9.37. The standard InChI is InChI=1S/C12H17N3O4S/c13-8-1-3-15-9(5-8)10(12(16)17)14-11(15)7-2-4-20(18,19)6-7/h7-8H,1-6,13H2,(H,16,17). The number of imidazole rings is 1. The first-order valence-corrected chi connectivity index (χ1v) is 8.48. The minimum absolute atomic E-state index is 0.0273. The molecular formula is C12H17N3O4S. The minimum atomic E-state index is -3.02. The van der Waals surface area contributed by atoms with E-state index in [9.17, 15) is 18.3 Å². The molecule has 8 heteroatoms. The number of nitrogens with two attached hydrogens (primary N) is 1. The summed E-state index contributed by atoms with van der Waals surface area (Å²) < 4.78 is 25.1. The van der Waals surface area contributed by atoms with Gasteiger partial charge in [0.05, 0.1) is 17.2 Å². The number of carboxylic acid groups (broad SMARTS) is 1. The van der Waals surface area contributed by atoms with Crippen LogP contribution in [0.25, 0.3) is 0 Å². The van der Waals surface area contributed by atoms with Crippen molar-refractivity contribution in [3.63, 3.8) is 0 Å². The zero-order valence-electron chi connectivity index (χ0n) is 10.9. The molecule has 7 nitrogen and oxygen atoms in total. The summed E-state index contributed by atoms with van der Waals surface area (Å²) in [5.74, 6) is -0.447. The van der Waals surface area contributed by atoms with E-state index in [1.807, 2.05) is 4.57 Å².